The van der Waals surface area contributed by atoms with Gasteiger partial charge in [-0.1, -0.05) is 11.6 Å². The topological polar surface area (TPSA) is 116 Å². The van der Waals surface area contributed by atoms with Crippen LogP contribution in [0.5, 0.6) is 11.6 Å². The van der Waals surface area contributed by atoms with Gasteiger partial charge in [-0.05, 0) is 45.9 Å². The van der Waals surface area contributed by atoms with E-state index >= 15 is 0 Å². The number of benzene rings is 1. The van der Waals surface area contributed by atoms with Crippen LogP contribution in [0.1, 0.15) is 34.1 Å². The van der Waals surface area contributed by atoms with Gasteiger partial charge in [0.05, 0.1) is 17.7 Å². The number of carbonyl (C=O) groups excluding carboxylic acids is 2. The summed E-state index contributed by atoms with van der Waals surface area (Å²) >= 11 is 6.10. The van der Waals surface area contributed by atoms with Crippen molar-refractivity contribution >= 4 is 46.0 Å². The summed E-state index contributed by atoms with van der Waals surface area (Å²) in [6, 6.07) is 6.27. The normalized spacial score (nSPS) is 15.5. The fourth-order valence-corrected chi connectivity index (χ4v) is 3.83. The van der Waals surface area contributed by atoms with Gasteiger partial charge in [-0.25, -0.2) is 24.1 Å². The van der Waals surface area contributed by atoms with Gasteiger partial charge < -0.3 is 24.4 Å². The van der Waals surface area contributed by atoms with Crippen molar-refractivity contribution in [3.05, 3.63) is 41.4 Å². The number of pyridine rings is 1. The van der Waals surface area contributed by atoms with Crippen LogP contribution in [0.4, 0.5) is 20.7 Å². The summed E-state index contributed by atoms with van der Waals surface area (Å²) in [5.41, 5.74) is 0.330. The van der Waals surface area contributed by atoms with Crippen LogP contribution < -0.4 is 14.8 Å². The largest absolute Gasteiger partial charge is 0.484 e. The third-order valence-corrected chi connectivity index (χ3v) is 5.62. The third-order valence-electron chi connectivity index (χ3n) is 5.27. The van der Waals surface area contributed by atoms with Crippen molar-refractivity contribution < 1.29 is 28.2 Å². The zero-order valence-corrected chi connectivity index (χ0v) is 21.6. The number of hydrogen-bond donors (Lipinski definition) is 1. The van der Waals surface area contributed by atoms with Crippen molar-refractivity contribution in [1.29, 1.82) is 0 Å². The van der Waals surface area contributed by atoms with Crippen LogP contribution in [-0.2, 0) is 9.53 Å². The molecular formula is C25H27ClFN5O5. The molecule has 0 radical (unpaired) electrons. The molecule has 3 heterocycles. The number of carbonyl (C=O) groups is 2. The van der Waals surface area contributed by atoms with Gasteiger partial charge >= 0.3 is 6.09 Å². The van der Waals surface area contributed by atoms with Gasteiger partial charge in [0.25, 0.3) is 0 Å². The zero-order chi connectivity index (χ0) is 26.7. The van der Waals surface area contributed by atoms with E-state index in [1.807, 2.05) is 20.8 Å². The van der Waals surface area contributed by atoms with E-state index in [2.05, 4.69) is 20.3 Å². The molecule has 196 valence electrons. The van der Waals surface area contributed by atoms with Crippen LogP contribution in [-0.4, -0.2) is 63.1 Å². The molecule has 10 nitrogen and oxygen atoms in total. The molecule has 1 aliphatic heterocycles. The lowest BCUT2D eigenvalue weighted by molar-refractivity contribution is -0.118. The number of ether oxygens (including phenoxy) is 3. The molecule has 1 saturated heterocycles. The minimum Gasteiger partial charge on any atom is -0.484 e. The Morgan fingerprint density at radius 1 is 1.22 bits per heavy atom. The number of likely N-dealkylation sites (tertiary alicyclic amines) is 1. The van der Waals surface area contributed by atoms with Crippen LogP contribution in [0.15, 0.2) is 30.6 Å². The monoisotopic (exact) mass is 531 g/mol. The van der Waals surface area contributed by atoms with Crippen molar-refractivity contribution in [2.45, 2.75) is 45.8 Å². The Morgan fingerprint density at radius 3 is 2.73 bits per heavy atom. The molecule has 1 N–H and O–H groups in total. The molecular weight excluding hydrogens is 505 g/mol. The van der Waals surface area contributed by atoms with Crippen molar-refractivity contribution in [1.82, 2.24) is 19.9 Å². The summed E-state index contributed by atoms with van der Waals surface area (Å²) in [6.07, 6.45) is 1.30. The molecule has 1 amide bonds. The molecule has 12 heteroatoms. The predicted octanol–water partition coefficient (Wildman–Crippen LogP) is 4.92. The number of halogens is 2. The van der Waals surface area contributed by atoms with Gasteiger partial charge in [0.15, 0.2) is 17.4 Å². The number of hydrogen-bond acceptors (Lipinski definition) is 9. The number of Topliss-reactive ketones (excluding diaryl/α,β-unsaturated/α-hetero) is 1. The van der Waals surface area contributed by atoms with E-state index < -0.39 is 11.4 Å². The minimum absolute atomic E-state index is 0.0390. The minimum atomic E-state index is -0.768. The predicted molar refractivity (Wildman–Crippen MR) is 135 cm³/mol. The van der Waals surface area contributed by atoms with E-state index in [0.29, 0.717) is 36.4 Å². The molecule has 1 atom stereocenters. The quantitative estimate of drug-likeness (QED) is 0.453. The number of aromatic nitrogens is 3. The molecule has 0 unspecified atom stereocenters. The maximum atomic E-state index is 14.9. The highest BCUT2D eigenvalue weighted by Gasteiger charge is 2.31. The van der Waals surface area contributed by atoms with Crippen molar-refractivity contribution in [2.75, 3.05) is 25.0 Å². The number of ketones is 1. The van der Waals surface area contributed by atoms with Crippen LogP contribution in [0.2, 0.25) is 5.02 Å². The Hall–Kier alpha value is -3.73. The summed E-state index contributed by atoms with van der Waals surface area (Å²) in [7, 11) is 0. The molecule has 1 fully saturated rings. The average molecular weight is 532 g/mol. The first-order chi connectivity index (χ1) is 17.5. The first kappa shape index (κ1) is 26.3. The van der Waals surface area contributed by atoms with Crippen LogP contribution in [0.25, 0.3) is 11.0 Å². The first-order valence-electron chi connectivity index (χ1n) is 11.6. The fraction of sp³-hybridized carbons (Fsp3) is 0.400. The number of nitrogens with zero attached hydrogens (tertiary/aromatic N) is 4. The average Bonchev–Trinajstić information content (AvgIpc) is 3.29. The van der Waals surface area contributed by atoms with Crippen molar-refractivity contribution in [2.24, 2.45) is 0 Å². The Bertz CT molecular complexity index is 1330. The highest BCUT2D eigenvalue weighted by molar-refractivity contribution is 6.32. The Labute approximate surface area is 218 Å². The maximum absolute atomic E-state index is 14.9. The fourth-order valence-electron chi connectivity index (χ4n) is 3.61. The van der Waals surface area contributed by atoms with Crippen LogP contribution in [0.3, 0.4) is 0 Å². The summed E-state index contributed by atoms with van der Waals surface area (Å²) in [6.45, 7) is 7.47. The zero-order valence-electron chi connectivity index (χ0n) is 20.9. The second-order valence-electron chi connectivity index (χ2n) is 9.55. The van der Waals surface area contributed by atoms with Gasteiger partial charge in [0.2, 0.25) is 5.88 Å². The van der Waals surface area contributed by atoms with Gasteiger partial charge in [-0.3, -0.25) is 4.79 Å². The maximum Gasteiger partial charge on any atom is 0.410 e. The highest BCUT2D eigenvalue weighted by atomic mass is 35.5. The highest BCUT2D eigenvalue weighted by Crippen LogP contribution is 2.34. The van der Waals surface area contributed by atoms with E-state index in [4.69, 9.17) is 25.8 Å². The second-order valence-corrected chi connectivity index (χ2v) is 9.93. The summed E-state index contributed by atoms with van der Waals surface area (Å²) in [5.74, 6) is -0.379. The summed E-state index contributed by atoms with van der Waals surface area (Å²) < 4.78 is 31.6. The Balaban J connectivity index is 1.50. The molecule has 1 aliphatic rings. The molecule has 0 saturated carbocycles. The smallest absolute Gasteiger partial charge is 0.410 e. The number of fused-ring (bicyclic) bond motifs is 1. The van der Waals surface area contributed by atoms with E-state index in [1.165, 1.54) is 25.4 Å². The lowest BCUT2D eigenvalue weighted by atomic mass is 10.2. The van der Waals surface area contributed by atoms with E-state index in [0.717, 1.165) is 0 Å². The van der Waals surface area contributed by atoms with Gasteiger partial charge in [0, 0.05) is 19.0 Å². The lowest BCUT2D eigenvalue weighted by Crippen LogP contribution is -2.36. The SMILES string of the molecule is CC(=O)COc1ccc(Nc2ncnc3ccc(O[C@H]4CCN(C(=O)OC(C)(C)C)C4)nc23)c(F)c1Cl. The van der Waals surface area contributed by atoms with Crippen molar-refractivity contribution in [3.8, 4) is 11.6 Å². The number of amides is 1. The van der Waals surface area contributed by atoms with Gasteiger partial charge in [-0.15, -0.1) is 0 Å². The molecule has 1 aromatic carbocycles. The third kappa shape index (κ3) is 6.53. The molecule has 2 aromatic heterocycles. The van der Waals surface area contributed by atoms with Gasteiger partial charge in [-0.2, -0.15) is 0 Å². The first-order valence-corrected chi connectivity index (χ1v) is 12.0. The van der Waals surface area contributed by atoms with E-state index in [-0.39, 0.29) is 46.9 Å². The molecule has 3 aromatic rings. The standard InChI is InChI=1S/C25H27ClFN5O5/c1-14(33)12-35-18-7-5-16(21(27)20(18)26)30-23-22-17(28-13-29-23)6-8-19(31-22)36-15-9-10-32(11-15)24(34)37-25(2,3)4/h5-8,13,15H,9-12H2,1-4H3,(H,28,29,30)/t15-/m0/s1. The van der Waals surface area contributed by atoms with Crippen molar-refractivity contribution in [3.63, 3.8) is 0 Å². The van der Waals surface area contributed by atoms with Gasteiger partial charge in [0.1, 0.15) is 40.9 Å². The Morgan fingerprint density at radius 2 is 2.00 bits per heavy atom. The van der Waals surface area contributed by atoms with E-state index in [9.17, 15) is 14.0 Å². The molecule has 0 bridgehead atoms. The Kier molecular flexibility index (Phi) is 7.63. The molecule has 37 heavy (non-hydrogen) atoms. The summed E-state index contributed by atoms with van der Waals surface area (Å²) in [5, 5.41) is 2.63. The van der Waals surface area contributed by atoms with Crippen LogP contribution >= 0.6 is 11.6 Å². The second kappa shape index (κ2) is 10.7. The molecule has 0 spiro atoms. The lowest BCUT2D eigenvalue weighted by Gasteiger charge is -2.24. The molecule has 4 rings (SSSR count). The number of rotatable bonds is 7. The number of anilines is 2. The van der Waals surface area contributed by atoms with Crippen LogP contribution in [0, 0.1) is 5.82 Å². The number of nitrogens with one attached hydrogen (secondary N) is 1. The molecule has 0 aliphatic carbocycles. The summed E-state index contributed by atoms with van der Waals surface area (Å²) in [4.78, 5) is 38.0. The van der Waals surface area contributed by atoms with E-state index in [1.54, 1.807) is 17.0 Å².